The first-order valence-corrected chi connectivity index (χ1v) is 8.85. The zero-order valence-electron chi connectivity index (χ0n) is 12.3. The Bertz CT molecular complexity index is 621. The Hall–Kier alpha value is -1.40. The van der Waals surface area contributed by atoms with Crippen LogP contribution in [0.1, 0.15) is 26.5 Å². The van der Waals surface area contributed by atoms with Gasteiger partial charge in [-0.3, -0.25) is 4.79 Å². The van der Waals surface area contributed by atoms with Crippen LogP contribution in [0.4, 0.5) is 5.13 Å². The molecule has 21 heavy (non-hydrogen) atoms. The van der Waals surface area contributed by atoms with Crippen molar-refractivity contribution in [1.82, 2.24) is 9.88 Å². The molecule has 3 heterocycles. The van der Waals surface area contributed by atoms with Gasteiger partial charge < -0.3 is 9.80 Å². The van der Waals surface area contributed by atoms with Gasteiger partial charge >= 0.3 is 0 Å². The minimum Gasteiger partial charge on any atom is -0.346 e. The van der Waals surface area contributed by atoms with E-state index in [2.05, 4.69) is 16.8 Å². The van der Waals surface area contributed by atoms with Crippen LogP contribution in [-0.4, -0.2) is 42.0 Å². The highest BCUT2D eigenvalue weighted by molar-refractivity contribution is 7.13. The highest BCUT2D eigenvalue weighted by atomic mass is 32.1. The SMILES string of the molecule is Cc1cc(C(=O)N2CCCN(c3nccs3)CC2)c(C)s1. The second-order valence-corrected chi connectivity index (χ2v) is 7.61. The number of carbonyl (C=O) groups is 1. The lowest BCUT2D eigenvalue weighted by Gasteiger charge is -2.21. The number of aryl methyl sites for hydroxylation is 2. The molecule has 6 heteroatoms. The summed E-state index contributed by atoms with van der Waals surface area (Å²) in [4.78, 5) is 23.6. The van der Waals surface area contributed by atoms with Crippen LogP contribution in [0, 0.1) is 13.8 Å². The highest BCUT2D eigenvalue weighted by Gasteiger charge is 2.23. The average Bonchev–Trinajstić information content (AvgIpc) is 3.02. The molecule has 0 radical (unpaired) electrons. The summed E-state index contributed by atoms with van der Waals surface area (Å²) in [5.41, 5.74) is 0.875. The van der Waals surface area contributed by atoms with E-state index in [-0.39, 0.29) is 5.91 Å². The molecule has 0 aromatic carbocycles. The van der Waals surface area contributed by atoms with Gasteiger partial charge in [0.1, 0.15) is 0 Å². The summed E-state index contributed by atoms with van der Waals surface area (Å²) in [6.07, 6.45) is 2.83. The normalized spacial score (nSPS) is 16.1. The molecule has 1 aliphatic heterocycles. The lowest BCUT2D eigenvalue weighted by molar-refractivity contribution is 0.0767. The van der Waals surface area contributed by atoms with Gasteiger partial charge in [-0.15, -0.1) is 22.7 Å². The molecular formula is C15H19N3OS2. The maximum absolute atomic E-state index is 12.7. The van der Waals surface area contributed by atoms with Gasteiger partial charge in [-0.25, -0.2) is 4.98 Å². The van der Waals surface area contributed by atoms with E-state index in [9.17, 15) is 4.79 Å². The molecule has 0 aliphatic carbocycles. The predicted molar refractivity (Wildman–Crippen MR) is 88.6 cm³/mol. The second kappa shape index (κ2) is 6.15. The minimum absolute atomic E-state index is 0.179. The number of thiophene rings is 1. The average molecular weight is 321 g/mol. The lowest BCUT2D eigenvalue weighted by Crippen LogP contribution is -2.35. The molecule has 2 aromatic heterocycles. The second-order valence-electron chi connectivity index (χ2n) is 5.27. The van der Waals surface area contributed by atoms with E-state index in [0.717, 1.165) is 48.2 Å². The van der Waals surface area contributed by atoms with E-state index >= 15 is 0 Å². The molecule has 0 atom stereocenters. The van der Waals surface area contributed by atoms with Crippen molar-refractivity contribution in [2.24, 2.45) is 0 Å². The molecule has 1 saturated heterocycles. The zero-order valence-corrected chi connectivity index (χ0v) is 14.0. The molecule has 4 nitrogen and oxygen atoms in total. The van der Waals surface area contributed by atoms with Crippen molar-refractivity contribution >= 4 is 33.7 Å². The van der Waals surface area contributed by atoms with E-state index < -0.39 is 0 Å². The largest absolute Gasteiger partial charge is 0.346 e. The lowest BCUT2D eigenvalue weighted by atomic mass is 10.2. The van der Waals surface area contributed by atoms with Crippen LogP contribution in [0.25, 0.3) is 0 Å². The molecule has 0 spiro atoms. The molecule has 0 N–H and O–H groups in total. The zero-order chi connectivity index (χ0) is 14.8. The summed E-state index contributed by atoms with van der Waals surface area (Å²) in [5.74, 6) is 0.179. The molecule has 1 amide bonds. The Balaban J connectivity index is 1.70. The number of hydrogen-bond acceptors (Lipinski definition) is 5. The van der Waals surface area contributed by atoms with E-state index in [4.69, 9.17) is 0 Å². The smallest absolute Gasteiger partial charge is 0.255 e. The van der Waals surface area contributed by atoms with Gasteiger partial charge in [0.25, 0.3) is 5.91 Å². The van der Waals surface area contributed by atoms with Crippen molar-refractivity contribution in [2.75, 3.05) is 31.1 Å². The van der Waals surface area contributed by atoms with E-state index in [1.807, 2.05) is 29.5 Å². The Labute approximate surface area is 133 Å². The number of anilines is 1. The van der Waals surface area contributed by atoms with Gasteiger partial charge in [0.15, 0.2) is 5.13 Å². The van der Waals surface area contributed by atoms with Crippen molar-refractivity contribution in [3.8, 4) is 0 Å². The maximum atomic E-state index is 12.7. The third-order valence-corrected chi connectivity index (χ3v) is 5.54. The monoisotopic (exact) mass is 321 g/mol. The summed E-state index contributed by atoms with van der Waals surface area (Å²) in [6.45, 7) is 7.52. The molecule has 112 valence electrons. The topological polar surface area (TPSA) is 36.4 Å². The van der Waals surface area contributed by atoms with E-state index in [1.165, 1.54) is 4.88 Å². The van der Waals surface area contributed by atoms with Gasteiger partial charge in [0, 0.05) is 47.5 Å². The molecule has 2 aromatic rings. The van der Waals surface area contributed by atoms with Crippen LogP contribution >= 0.6 is 22.7 Å². The van der Waals surface area contributed by atoms with Crippen molar-refractivity contribution in [3.63, 3.8) is 0 Å². The number of amides is 1. The van der Waals surface area contributed by atoms with Gasteiger partial charge in [0.05, 0.1) is 5.56 Å². The first-order valence-electron chi connectivity index (χ1n) is 7.16. The molecule has 1 fully saturated rings. The van der Waals surface area contributed by atoms with Crippen LogP contribution in [0.2, 0.25) is 0 Å². The minimum atomic E-state index is 0.179. The fourth-order valence-electron chi connectivity index (χ4n) is 2.70. The molecule has 0 saturated carbocycles. The molecule has 0 bridgehead atoms. The Kier molecular flexibility index (Phi) is 4.26. The fourth-order valence-corrected chi connectivity index (χ4v) is 4.31. The number of carbonyl (C=O) groups excluding carboxylic acids is 1. The Morgan fingerprint density at radius 3 is 2.76 bits per heavy atom. The quantitative estimate of drug-likeness (QED) is 0.852. The standard InChI is InChI=1S/C15H19N3OS2/c1-11-10-13(12(2)21-11)14(19)17-5-3-6-18(8-7-17)15-16-4-9-20-15/h4,9-10H,3,5-8H2,1-2H3. The fraction of sp³-hybridized carbons (Fsp3) is 0.467. The van der Waals surface area contributed by atoms with Crippen molar-refractivity contribution in [2.45, 2.75) is 20.3 Å². The van der Waals surface area contributed by atoms with E-state index in [1.54, 1.807) is 22.7 Å². The third kappa shape index (κ3) is 3.11. The van der Waals surface area contributed by atoms with E-state index in [0.29, 0.717) is 0 Å². The molecule has 3 rings (SSSR count). The Morgan fingerprint density at radius 2 is 2.10 bits per heavy atom. The van der Waals surface area contributed by atoms with Crippen molar-refractivity contribution < 1.29 is 4.79 Å². The summed E-state index contributed by atoms with van der Waals surface area (Å²) in [5, 5.41) is 3.06. The molecule has 1 aliphatic rings. The van der Waals surface area contributed by atoms with Gasteiger partial charge in [-0.05, 0) is 26.3 Å². The third-order valence-electron chi connectivity index (χ3n) is 3.74. The summed E-state index contributed by atoms with van der Waals surface area (Å²) < 4.78 is 0. The van der Waals surface area contributed by atoms with Crippen LogP contribution < -0.4 is 4.90 Å². The van der Waals surface area contributed by atoms with Crippen molar-refractivity contribution in [1.29, 1.82) is 0 Å². The Morgan fingerprint density at radius 1 is 1.24 bits per heavy atom. The predicted octanol–water partition coefficient (Wildman–Crippen LogP) is 3.17. The molecular weight excluding hydrogens is 302 g/mol. The summed E-state index contributed by atoms with van der Waals surface area (Å²) >= 11 is 3.36. The van der Waals surface area contributed by atoms with Gasteiger partial charge in [-0.1, -0.05) is 0 Å². The first-order chi connectivity index (χ1) is 10.1. The number of aromatic nitrogens is 1. The summed E-state index contributed by atoms with van der Waals surface area (Å²) in [7, 11) is 0. The number of nitrogens with zero attached hydrogens (tertiary/aromatic N) is 3. The van der Waals surface area contributed by atoms with Crippen LogP contribution in [0.5, 0.6) is 0 Å². The molecule has 0 unspecified atom stereocenters. The maximum Gasteiger partial charge on any atom is 0.255 e. The number of rotatable bonds is 2. The van der Waals surface area contributed by atoms with Gasteiger partial charge in [-0.2, -0.15) is 0 Å². The van der Waals surface area contributed by atoms with Crippen LogP contribution in [-0.2, 0) is 0 Å². The summed E-state index contributed by atoms with van der Waals surface area (Å²) in [6, 6.07) is 2.02. The first kappa shape index (κ1) is 14.5. The van der Waals surface area contributed by atoms with Gasteiger partial charge in [0.2, 0.25) is 0 Å². The number of hydrogen-bond donors (Lipinski definition) is 0. The number of thiazole rings is 1. The van der Waals surface area contributed by atoms with Crippen LogP contribution in [0.3, 0.4) is 0 Å². The van der Waals surface area contributed by atoms with Crippen molar-refractivity contribution in [3.05, 3.63) is 33.0 Å². The highest BCUT2D eigenvalue weighted by Crippen LogP contribution is 2.23. The van der Waals surface area contributed by atoms with Crippen LogP contribution in [0.15, 0.2) is 17.6 Å².